The molecule has 3 heteroatoms. The lowest BCUT2D eigenvalue weighted by molar-refractivity contribution is -0.0580. The maximum absolute atomic E-state index is 11.4. The Morgan fingerprint density at radius 1 is 1.12 bits per heavy atom. The molecule has 2 unspecified atom stereocenters. The van der Waals surface area contributed by atoms with E-state index >= 15 is 0 Å². The molecule has 1 aliphatic heterocycles. The van der Waals surface area contributed by atoms with Gasteiger partial charge >= 0.3 is 0 Å². The molecule has 2 aliphatic carbocycles. The fourth-order valence-electron chi connectivity index (χ4n) is 6.36. The highest BCUT2D eigenvalue weighted by Gasteiger charge is 2.52. The summed E-state index contributed by atoms with van der Waals surface area (Å²) in [4.78, 5) is 5.25. The maximum atomic E-state index is 11.4. The van der Waals surface area contributed by atoms with Gasteiger partial charge in [0, 0.05) is 22.5 Å². The topological polar surface area (TPSA) is 42.4 Å². The number of fused-ring (bicyclic) bond motifs is 4. The number of ether oxygens (including phenoxy) is 1. The third-order valence-electron chi connectivity index (χ3n) is 7.83. The average Bonchev–Trinajstić information content (AvgIpc) is 3.32. The molecular weight excluding hydrogens is 394 g/mol. The largest absolute Gasteiger partial charge is 0.388 e. The molecule has 5 rings (SSSR count). The van der Waals surface area contributed by atoms with Crippen LogP contribution in [0.15, 0.2) is 30.8 Å². The lowest BCUT2D eigenvalue weighted by atomic mass is 9.70. The zero-order valence-electron chi connectivity index (χ0n) is 20.3. The van der Waals surface area contributed by atoms with Gasteiger partial charge in [0.25, 0.3) is 0 Å². The summed E-state index contributed by atoms with van der Waals surface area (Å²) in [5, 5.41) is 11.4. The molecule has 1 aromatic heterocycles. The SMILES string of the molecule is C=C(C)c1ccc(C2OC3(CCCC3)c3c4c(nc(C(C)C)c32)CC(C)(C)CC4O)cc1. The van der Waals surface area contributed by atoms with Crippen molar-refractivity contribution in [2.45, 2.75) is 96.9 Å². The van der Waals surface area contributed by atoms with Gasteiger partial charge in [-0.1, -0.05) is 77.0 Å². The molecule has 0 bridgehead atoms. The van der Waals surface area contributed by atoms with Crippen LogP contribution >= 0.6 is 0 Å². The number of hydrogen-bond acceptors (Lipinski definition) is 3. The van der Waals surface area contributed by atoms with Gasteiger partial charge in [0.1, 0.15) is 6.10 Å². The predicted octanol–water partition coefficient (Wildman–Crippen LogP) is 7.13. The fraction of sp³-hybridized carbons (Fsp3) is 0.552. The minimum absolute atomic E-state index is 0.0575. The van der Waals surface area contributed by atoms with Gasteiger partial charge in [-0.3, -0.25) is 4.98 Å². The van der Waals surface area contributed by atoms with Crippen LogP contribution in [0, 0.1) is 5.41 Å². The lowest BCUT2D eigenvalue weighted by Gasteiger charge is -2.38. The maximum Gasteiger partial charge on any atom is 0.111 e. The van der Waals surface area contributed by atoms with Gasteiger partial charge in [-0.2, -0.15) is 0 Å². The number of aliphatic hydroxyl groups is 1. The van der Waals surface area contributed by atoms with Crippen molar-refractivity contribution in [2.24, 2.45) is 5.41 Å². The minimum atomic E-state index is -0.471. The molecular formula is C29H37NO2. The molecule has 32 heavy (non-hydrogen) atoms. The summed E-state index contributed by atoms with van der Waals surface area (Å²) in [6.45, 7) is 15.1. The molecule has 2 heterocycles. The van der Waals surface area contributed by atoms with Crippen LogP contribution in [0.3, 0.4) is 0 Å². The minimum Gasteiger partial charge on any atom is -0.388 e. The zero-order valence-corrected chi connectivity index (χ0v) is 20.3. The molecule has 1 fully saturated rings. The van der Waals surface area contributed by atoms with E-state index in [1.807, 2.05) is 6.92 Å². The van der Waals surface area contributed by atoms with Crippen molar-refractivity contribution in [3.8, 4) is 0 Å². The zero-order chi connectivity index (χ0) is 22.8. The van der Waals surface area contributed by atoms with Crippen molar-refractivity contribution in [3.63, 3.8) is 0 Å². The Hall–Kier alpha value is -1.97. The summed E-state index contributed by atoms with van der Waals surface area (Å²) in [6, 6.07) is 8.68. The number of allylic oxidation sites excluding steroid dienone is 1. The van der Waals surface area contributed by atoms with Crippen molar-refractivity contribution in [3.05, 3.63) is 70.0 Å². The Kier molecular flexibility index (Phi) is 5.14. The smallest absolute Gasteiger partial charge is 0.111 e. The van der Waals surface area contributed by atoms with Crippen LogP contribution in [0.1, 0.15) is 124 Å². The number of aromatic nitrogens is 1. The second-order valence-electron chi connectivity index (χ2n) is 11.5. The van der Waals surface area contributed by atoms with E-state index in [1.165, 1.54) is 29.5 Å². The van der Waals surface area contributed by atoms with Crippen LogP contribution in [0.5, 0.6) is 0 Å². The van der Waals surface area contributed by atoms with Crippen LogP contribution < -0.4 is 0 Å². The van der Waals surface area contributed by atoms with Crippen molar-refractivity contribution < 1.29 is 9.84 Å². The molecule has 1 spiro atoms. The van der Waals surface area contributed by atoms with Crippen molar-refractivity contribution in [1.29, 1.82) is 0 Å². The summed E-state index contributed by atoms with van der Waals surface area (Å²) >= 11 is 0. The normalized spacial score (nSPS) is 25.2. The molecule has 3 nitrogen and oxygen atoms in total. The highest BCUT2D eigenvalue weighted by atomic mass is 16.5. The molecule has 0 saturated heterocycles. The van der Waals surface area contributed by atoms with Crippen molar-refractivity contribution in [2.75, 3.05) is 0 Å². The van der Waals surface area contributed by atoms with Crippen molar-refractivity contribution >= 4 is 5.57 Å². The number of aliphatic hydroxyl groups excluding tert-OH is 1. The third kappa shape index (κ3) is 3.36. The van der Waals surface area contributed by atoms with E-state index < -0.39 is 6.10 Å². The van der Waals surface area contributed by atoms with Gasteiger partial charge in [-0.25, -0.2) is 0 Å². The molecule has 0 radical (unpaired) electrons. The number of hydrogen-bond donors (Lipinski definition) is 1. The monoisotopic (exact) mass is 431 g/mol. The predicted molar refractivity (Wildman–Crippen MR) is 130 cm³/mol. The van der Waals surface area contributed by atoms with Crippen molar-refractivity contribution in [1.82, 2.24) is 4.98 Å². The van der Waals surface area contributed by atoms with E-state index in [9.17, 15) is 5.11 Å². The fourth-order valence-corrected chi connectivity index (χ4v) is 6.36. The molecule has 1 saturated carbocycles. The van der Waals surface area contributed by atoms with E-state index in [-0.39, 0.29) is 17.1 Å². The summed E-state index contributed by atoms with van der Waals surface area (Å²) < 4.78 is 7.05. The number of benzene rings is 1. The Morgan fingerprint density at radius 3 is 2.38 bits per heavy atom. The van der Waals surface area contributed by atoms with Gasteiger partial charge in [0.2, 0.25) is 0 Å². The Morgan fingerprint density at radius 2 is 1.78 bits per heavy atom. The highest BCUT2D eigenvalue weighted by Crippen LogP contribution is 2.59. The Bertz CT molecular complexity index is 1060. The Balaban J connectivity index is 1.75. The quantitative estimate of drug-likeness (QED) is 0.562. The van der Waals surface area contributed by atoms with Gasteiger partial charge in [-0.05, 0) is 60.6 Å². The van der Waals surface area contributed by atoms with E-state index in [1.54, 1.807) is 0 Å². The number of pyridine rings is 1. The van der Waals surface area contributed by atoms with Crippen LogP contribution in [0.25, 0.3) is 5.57 Å². The first-order valence-corrected chi connectivity index (χ1v) is 12.3. The van der Waals surface area contributed by atoms with E-state index in [4.69, 9.17) is 9.72 Å². The second-order valence-corrected chi connectivity index (χ2v) is 11.5. The van der Waals surface area contributed by atoms with E-state index in [2.05, 4.69) is 58.5 Å². The number of rotatable bonds is 3. The van der Waals surface area contributed by atoms with Gasteiger partial charge in [-0.15, -0.1) is 0 Å². The van der Waals surface area contributed by atoms with E-state index in [0.29, 0.717) is 5.92 Å². The van der Waals surface area contributed by atoms with Crippen LogP contribution in [-0.2, 0) is 16.8 Å². The number of nitrogens with zero attached hydrogens (tertiary/aromatic N) is 1. The standard InChI is InChI=1S/C29H37NO2/c1-17(2)19-9-11-20(12-10-19)27-24-25(29(32-27)13-7-8-14-29)23-21(30-26(24)18(3)4)15-28(5,6)16-22(23)31/h9-12,18,22,27,31H,1,7-8,13-16H2,2-6H3. The van der Waals surface area contributed by atoms with Gasteiger partial charge in [0.15, 0.2) is 0 Å². The molecule has 0 amide bonds. The van der Waals surface area contributed by atoms with Crippen LogP contribution in [0.4, 0.5) is 0 Å². The van der Waals surface area contributed by atoms with Crippen LogP contribution in [0.2, 0.25) is 0 Å². The highest BCUT2D eigenvalue weighted by molar-refractivity contribution is 5.62. The van der Waals surface area contributed by atoms with E-state index in [0.717, 1.165) is 53.8 Å². The summed E-state index contributed by atoms with van der Waals surface area (Å²) in [5.74, 6) is 0.300. The molecule has 1 aromatic carbocycles. The molecule has 1 N–H and O–H groups in total. The summed E-state index contributed by atoms with van der Waals surface area (Å²) in [6.07, 6.45) is 5.52. The summed E-state index contributed by atoms with van der Waals surface area (Å²) in [5.41, 5.74) is 9.05. The molecule has 170 valence electrons. The van der Waals surface area contributed by atoms with Crippen LogP contribution in [-0.4, -0.2) is 10.1 Å². The first-order chi connectivity index (χ1) is 15.1. The first kappa shape index (κ1) is 21.9. The average molecular weight is 432 g/mol. The van der Waals surface area contributed by atoms with Gasteiger partial charge in [0.05, 0.1) is 11.7 Å². The molecule has 3 aliphatic rings. The Labute approximate surface area is 192 Å². The second kappa shape index (κ2) is 7.53. The van der Waals surface area contributed by atoms with Gasteiger partial charge < -0.3 is 9.84 Å². The lowest BCUT2D eigenvalue weighted by Crippen LogP contribution is -2.32. The summed E-state index contributed by atoms with van der Waals surface area (Å²) in [7, 11) is 0. The molecule has 2 aromatic rings. The first-order valence-electron chi connectivity index (χ1n) is 12.3. The third-order valence-corrected chi connectivity index (χ3v) is 7.83. The molecule has 2 atom stereocenters.